The highest BCUT2D eigenvalue weighted by molar-refractivity contribution is 6.69. The second-order valence-electron chi connectivity index (χ2n) is 6.83. The molecular formula is C17H28BNO4. The van der Waals surface area contributed by atoms with Gasteiger partial charge in [-0.1, -0.05) is 25.1 Å². The summed E-state index contributed by atoms with van der Waals surface area (Å²) in [6, 6.07) is 7.56. The van der Waals surface area contributed by atoms with E-state index >= 15 is 0 Å². The van der Waals surface area contributed by atoms with Crippen LogP contribution in [0, 0.1) is 0 Å². The van der Waals surface area contributed by atoms with E-state index in [4.69, 9.17) is 14.1 Å². The lowest BCUT2D eigenvalue weighted by molar-refractivity contribution is -0.136. The number of methoxy groups -OCH3 is 1. The molecule has 0 fully saturated rings. The molecule has 128 valence electrons. The molecule has 0 heterocycles. The Bertz CT molecular complexity index is 526. The first-order valence-electron chi connectivity index (χ1n) is 7.90. The zero-order valence-corrected chi connectivity index (χ0v) is 15.2. The molecule has 0 saturated carbocycles. The average molecular weight is 321 g/mol. The predicted molar refractivity (Wildman–Crippen MR) is 94.3 cm³/mol. The van der Waals surface area contributed by atoms with Crippen molar-refractivity contribution in [3.63, 3.8) is 0 Å². The van der Waals surface area contributed by atoms with Crippen molar-refractivity contribution >= 4 is 24.2 Å². The van der Waals surface area contributed by atoms with Crippen LogP contribution in [0.2, 0.25) is 6.32 Å². The highest BCUT2D eigenvalue weighted by Gasteiger charge is 2.29. The van der Waals surface area contributed by atoms with Crippen molar-refractivity contribution in [2.24, 2.45) is 0 Å². The van der Waals surface area contributed by atoms with Crippen LogP contribution in [0.1, 0.15) is 41.5 Å². The molecule has 0 aliphatic carbocycles. The van der Waals surface area contributed by atoms with Gasteiger partial charge in [-0.3, -0.25) is 5.32 Å². The summed E-state index contributed by atoms with van der Waals surface area (Å²) in [6.07, 6.45) is 0.269. The van der Waals surface area contributed by atoms with Crippen LogP contribution in [0.3, 0.4) is 0 Å². The lowest BCUT2D eigenvalue weighted by Gasteiger charge is -2.29. The minimum Gasteiger partial charge on any atom is -0.444 e. The van der Waals surface area contributed by atoms with E-state index in [1.165, 1.54) is 0 Å². The molecule has 0 saturated heterocycles. The fourth-order valence-electron chi connectivity index (χ4n) is 2.06. The van der Waals surface area contributed by atoms with Crippen LogP contribution in [0.5, 0.6) is 0 Å². The van der Waals surface area contributed by atoms with Gasteiger partial charge < -0.3 is 14.1 Å². The fraction of sp³-hybridized carbons (Fsp3) is 0.588. The molecule has 23 heavy (non-hydrogen) atoms. The third kappa shape index (κ3) is 6.63. The summed E-state index contributed by atoms with van der Waals surface area (Å²) in [5, 5.41) is 2.80. The van der Waals surface area contributed by atoms with Crippen LogP contribution in [0.15, 0.2) is 24.3 Å². The Kier molecular flexibility index (Phi) is 6.65. The van der Waals surface area contributed by atoms with Crippen LogP contribution in [0.25, 0.3) is 0 Å². The number of anilines is 1. The number of hydrogen-bond acceptors (Lipinski definition) is 4. The van der Waals surface area contributed by atoms with Crippen LogP contribution in [-0.2, 0) is 14.1 Å². The molecule has 0 aliphatic rings. The summed E-state index contributed by atoms with van der Waals surface area (Å²) in [5.41, 5.74) is 1.03. The SMILES string of the molecule is CCB(OC(C)(C)OC)c1ccccc1NC(=O)OC(C)(C)C. The van der Waals surface area contributed by atoms with Crippen LogP contribution in [0.4, 0.5) is 10.5 Å². The van der Waals surface area contributed by atoms with Gasteiger partial charge in [0.1, 0.15) is 11.4 Å². The molecule has 0 atom stereocenters. The first-order chi connectivity index (χ1) is 10.6. The molecule has 0 aromatic heterocycles. The smallest absolute Gasteiger partial charge is 0.412 e. The highest BCUT2D eigenvalue weighted by atomic mass is 16.7. The largest absolute Gasteiger partial charge is 0.444 e. The van der Waals surface area contributed by atoms with Gasteiger partial charge in [-0.15, -0.1) is 0 Å². The molecule has 1 amide bonds. The van der Waals surface area contributed by atoms with Crippen molar-refractivity contribution in [3.05, 3.63) is 24.3 Å². The van der Waals surface area contributed by atoms with Gasteiger partial charge in [0.25, 0.3) is 0 Å². The number of para-hydroxylation sites is 1. The van der Waals surface area contributed by atoms with Gasteiger partial charge >= 0.3 is 13.0 Å². The Morgan fingerprint density at radius 3 is 2.30 bits per heavy atom. The molecule has 1 aromatic carbocycles. The summed E-state index contributed by atoms with van der Waals surface area (Å²) < 4.78 is 16.7. The molecule has 6 heteroatoms. The van der Waals surface area contributed by atoms with Gasteiger partial charge in [0, 0.05) is 12.8 Å². The van der Waals surface area contributed by atoms with Crippen LogP contribution in [-0.4, -0.2) is 31.5 Å². The van der Waals surface area contributed by atoms with Crippen molar-refractivity contribution in [1.29, 1.82) is 0 Å². The zero-order valence-electron chi connectivity index (χ0n) is 15.2. The number of ether oxygens (including phenoxy) is 2. The van der Waals surface area contributed by atoms with E-state index in [1.807, 2.05) is 65.8 Å². The minimum absolute atomic E-state index is 0.198. The van der Waals surface area contributed by atoms with E-state index in [0.717, 1.165) is 11.8 Å². The first kappa shape index (κ1) is 19.5. The average Bonchev–Trinajstić information content (AvgIpc) is 2.43. The van der Waals surface area contributed by atoms with Crippen molar-refractivity contribution in [1.82, 2.24) is 0 Å². The Morgan fingerprint density at radius 1 is 1.17 bits per heavy atom. The Morgan fingerprint density at radius 2 is 1.78 bits per heavy atom. The van der Waals surface area contributed by atoms with Crippen molar-refractivity contribution in [2.45, 2.75) is 59.3 Å². The normalized spacial score (nSPS) is 12.0. The van der Waals surface area contributed by atoms with Crippen LogP contribution >= 0.6 is 0 Å². The third-order valence-electron chi connectivity index (χ3n) is 3.23. The van der Waals surface area contributed by atoms with Gasteiger partial charge in [0.15, 0.2) is 0 Å². The van der Waals surface area contributed by atoms with Gasteiger partial charge in [-0.2, -0.15) is 0 Å². The molecule has 1 N–H and O–H groups in total. The zero-order chi connectivity index (χ0) is 17.7. The third-order valence-corrected chi connectivity index (χ3v) is 3.23. The van der Waals surface area contributed by atoms with Crippen molar-refractivity contribution < 1.29 is 18.9 Å². The number of benzene rings is 1. The van der Waals surface area contributed by atoms with E-state index in [9.17, 15) is 4.79 Å². The molecular weight excluding hydrogens is 293 g/mol. The summed E-state index contributed by atoms with van der Waals surface area (Å²) in [5.74, 6) is -0.709. The van der Waals surface area contributed by atoms with Gasteiger partial charge in [0.05, 0.1) is 0 Å². The van der Waals surface area contributed by atoms with Crippen molar-refractivity contribution in [2.75, 3.05) is 12.4 Å². The highest BCUT2D eigenvalue weighted by Crippen LogP contribution is 2.17. The Balaban J connectivity index is 2.97. The number of hydrogen-bond donors (Lipinski definition) is 1. The molecule has 0 spiro atoms. The first-order valence-corrected chi connectivity index (χ1v) is 7.90. The number of rotatable bonds is 6. The summed E-state index contributed by atoms with van der Waals surface area (Å²) in [4.78, 5) is 12.0. The molecule has 0 radical (unpaired) electrons. The fourth-order valence-corrected chi connectivity index (χ4v) is 2.06. The van der Waals surface area contributed by atoms with E-state index in [2.05, 4.69) is 5.32 Å². The monoisotopic (exact) mass is 321 g/mol. The predicted octanol–water partition coefficient (Wildman–Crippen LogP) is 3.65. The number of amides is 1. The number of carbonyl (C=O) groups is 1. The number of carbonyl (C=O) groups excluding carboxylic acids is 1. The molecule has 1 rings (SSSR count). The maximum Gasteiger partial charge on any atom is 0.412 e. The van der Waals surface area contributed by atoms with Crippen molar-refractivity contribution in [3.8, 4) is 0 Å². The summed E-state index contributed by atoms with van der Waals surface area (Å²) >= 11 is 0. The van der Waals surface area contributed by atoms with E-state index in [1.54, 1.807) is 7.11 Å². The lowest BCUT2D eigenvalue weighted by Crippen LogP contribution is -2.43. The molecule has 5 nitrogen and oxygen atoms in total. The lowest BCUT2D eigenvalue weighted by atomic mass is 9.57. The standard InChI is InChI=1S/C17H28BNO4/c1-8-18(23-17(5,6)21-7)13-11-9-10-12-14(13)19-15(20)22-16(2,3)4/h9-12H,8H2,1-7H3,(H,19,20). The molecule has 0 bridgehead atoms. The second-order valence-corrected chi connectivity index (χ2v) is 6.83. The van der Waals surface area contributed by atoms with E-state index < -0.39 is 17.5 Å². The van der Waals surface area contributed by atoms with Crippen LogP contribution < -0.4 is 10.8 Å². The Hall–Kier alpha value is -1.53. The summed E-state index contributed by atoms with van der Waals surface area (Å²) in [6.45, 7) is 11.0. The molecule has 0 aliphatic heterocycles. The molecule has 0 unspecified atom stereocenters. The second kappa shape index (κ2) is 7.84. The topological polar surface area (TPSA) is 56.8 Å². The summed E-state index contributed by atoms with van der Waals surface area (Å²) in [7, 11) is 1.61. The Labute approximate surface area is 139 Å². The van der Waals surface area contributed by atoms with Gasteiger partial charge in [-0.05, 0) is 52.5 Å². The van der Waals surface area contributed by atoms with E-state index in [-0.39, 0.29) is 6.92 Å². The maximum atomic E-state index is 12.0. The quantitative estimate of drug-likeness (QED) is 0.642. The van der Waals surface area contributed by atoms with Gasteiger partial charge in [-0.25, -0.2) is 4.79 Å². The maximum absolute atomic E-state index is 12.0. The van der Waals surface area contributed by atoms with E-state index in [0.29, 0.717) is 5.69 Å². The number of nitrogens with one attached hydrogen (secondary N) is 1. The van der Waals surface area contributed by atoms with Gasteiger partial charge in [0.2, 0.25) is 0 Å². The molecule has 1 aromatic rings. The minimum atomic E-state index is -0.709.